The minimum atomic E-state index is -2.45. The van der Waals surface area contributed by atoms with Gasteiger partial charge in [-0.1, -0.05) is 155 Å². The lowest BCUT2D eigenvalue weighted by Gasteiger charge is -2.31. The summed E-state index contributed by atoms with van der Waals surface area (Å²) in [5.41, 5.74) is -0.492. The third-order valence-corrected chi connectivity index (χ3v) is 16.1. The zero-order valence-corrected chi connectivity index (χ0v) is 23.8. The highest BCUT2D eigenvalue weighted by Gasteiger charge is 2.35. The van der Waals surface area contributed by atoms with Gasteiger partial charge in [-0.3, -0.25) is 9.36 Å². The van der Waals surface area contributed by atoms with E-state index in [0.717, 1.165) is 0 Å². The molecule has 0 aliphatic rings. The second-order valence-electron chi connectivity index (χ2n) is 10.3. The number of hydrogen-bond donors (Lipinski definition) is 0. The molecule has 1 aromatic heterocycles. The maximum atomic E-state index is 14.0. The molecule has 0 N–H and O–H groups in total. The van der Waals surface area contributed by atoms with Crippen molar-refractivity contribution in [3.05, 3.63) is 154 Å². The molecule has 5 aromatic rings. The normalized spacial score (nSPS) is 11.8. The van der Waals surface area contributed by atoms with Crippen molar-refractivity contribution < 1.29 is 0 Å². The molecule has 190 valence electrons. The molecule has 0 saturated heterocycles. The van der Waals surface area contributed by atoms with Crippen LogP contribution in [0.2, 0.25) is 13.1 Å². The smallest absolute Gasteiger partial charge is 0.303 e. The van der Waals surface area contributed by atoms with Gasteiger partial charge in [-0.05, 0) is 0 Å². The molecular weight excluding hydrogens is 501 g/mol. The van der Waals surface area contributed by atoms with Crippen LogP contribution in [-0.2, 0) is 12.3 Å². The van der Waals surface area contributed by atoms with Gasteiger partial charge >= 0.3 is 5.69 Å². The van der Waals surface area contributed by atoms with Gasteiger partial charge in [0.05, 0.1) is 0 Å². The van der Waals surface area contributed by atoms with Gasteiger partial charge in [-0.2, -0.15) is 0 Å². The zero-order valence-electron chi connectivity index (χ0n) is 21.8. The van der Waals surface area contributed by atoms with Crippen LogP contribution in [-0.4, -0.2) is 25.3 Å². The van der Waals surface area contributed by atoms with Crippen LogP contribution in [0, 0.1) is 0 Å². The number of aromatic nitrogens is 2. The summed E-state index contributed by atoms with van der Waals surface area (Å²) < 4.78 is 3.23. The standard InChI is InChI=1S/C32H32N2O2Si2/c1-37(27-15-7-3-8-16-27,28-17-9-4-10-18-28)25-33-24-23-31(35)34(32(33)36)26-38(2,29-19-11-5-12-20-29)30-21-13-6-14-22-30/h3-24H,25-26H2,1-2H3. The Balaban J connectivity index is 1.61. The second-order valence-corrected chi connectivity index (χ2v) is 18.5. The Morgan fingerprint density at radius 1 is 0.500 bits per heavy atom. The Bertz CT molecular complexity index is 1540. The fourth-order valence-electron chi connectivity index (χ4n) is 5.40. The monoisotopic (exact) mass is 532 g/mol. The van der Waals surface area contributed by atoms with E-state index < -0.39 is 16.1 Å². The second kappa shape index (κ2) is 10.8. The maximum absolute atomic E-state index is 14.0. The predicted octanol–water partition coefficient (Wildman–Crippen LogP) is 2.87. The van der Waals surface area contributed by atoms with Crippen molar-refractivity contribution in [2.45, 2.75) is 25.4 Å². The summed E-state index contributed by atoms with van der Waals surface area (Å²) >= 11 is 0. The number of nitrogens with zero attached hydrogens (tertiary/aromatic N) is 2. The number of hydrogen-bond acceptors (Lipinski definition) is 2. The van der Waals surface area contributed by atoms with Gasteiger partial charge < -0.3 is 4.57 Å². The topological polar surface area (TPSA) is 44.0 Å². The SMILES string of the molecule is C[Si](Cn1ccc(=O)n(C[Si](C)(c2ccccc2)c2ccccc2)c1=O)(c1ccccc1)c1ccccc1. The molecule has 0 unspecified atom stereocenters. The Labute approximate surface area is 225 Å². The lowest BCUT2D eigenvalue weighted by Crippen LogP contribution is -2.63. The van der Waals surface area contributed by atoms with E-state index in [1.54, 1.807) is 16.8 Å². The van der Waals surface area contributed by atoms with Gasteiger partial charge in [0.15, 0.2) is 0 Å². The molecule has 5 rings (SSSR count). The molecule has 1 heterocycles. The van der Waals surface area contributed by atoms with Crippen LogP contribution in [0.3, 0.4) is 0 Å². The summed E-state index contributed by atoms with van der Waals surface area (Å²) in [4.78, 5) is 27.3. The Morgan fingerprint density at radius 3 is 1.21 bits per heavy atom. The molecule has 0 radical (unpaired) electrons. The molecule has 0 bridgehead atoms. The Kier molecular flexibility index (Phi) is 7.27. The lowest BCUT2D eigenvalue weighted by molar-refractivity contribution is 0.650. The van der Waals surface area contributed by atoms with E-state index in [1.165, 1.54) is 25.3 Å². The third kappa shape index (κ3) is 4.93. The van der Waals surface area contributed by atoms with E-state index >= 15 is 0 Å². The van der Waals surface area contributed by atoms with E-state index in [4.69, 9.17) is 0 Å². The summed E-state index contributed by atoms with van der Waals surface area (Å²) in [6.45, 7) is 4.54. The molecule has 0 saturated carbocycles. The summed E-state index contributed by atoms with van der Waals surface area (Å²) in [6.07, 6.45) is 2.62. The fourth-order valence-corrected chi connectivity index (χ4v) is 12.4. The van der Waals surface area contributed by atoms with Crippen molar-refractivity contribution >= 4 is 36.9 Å². The molecule has 0 aliphatic heterocycles. The minimum absolute atomic E-state index is 0.242. The maximum Gasteiger partial charge on any atom is 0.330 e. The number of benzene rings is 4. The molecule has 0 spiro atoms. The molecule has 4 nitrogen and oxygen atoms in total. The summed E-state index contributed by atoms with van der Waals surface area (Å²) in [5.74, 6) is 0. The highest BCUT2D eigenvalue weighted by molar-refractivity contribution is 7.01. The van der Waals surface area contributed by atoms with E-state index in [1.807, 2.05) is 48.5 Å². The van der Waals surface area contributed by atoms with Crippen LogP contribution >= 0.6 is 0 Å². The molecule has 0 atom stereocenters. The fraction of sp³-hybridized carbons (Fsp3) is 0.125. The van der Waals surface area contributed by atoms with E-state index in [0.29, 0.717) is 12.3 Å². The van der Waals surface area contributed by atoms with Crippen LogP contribution in [0.4, 0.5) is 0 Å². The first-order chi connectivity index (χ1) is 18.4. The summed E-state index contributed by atoms with van der Waals surface area (Å²) in [6, 6.07) is 43.1. The predicted molar refractivity (Wildman–Crippen MR) is 163 cm³/mol. The summed E-state index contributed by atoms with van der Waals surface area (Å²) in [5, 5.41) is 4.90. The highest BCUT2D eigenvalue weighted by atomic mass is 28.3. The first-order valence-corrected chi connectivity index (χ1v) is 18.4. The summed E-state index contributed by atoms with van der Waals surface area (Å²) in [7, 11) is -4.80. The molecular formula is C32H32N2O2Si2. The average Bonchev–Trinajstić information content (AvgIpc) is 2.98. The van der Waals surface area contributed by atoms with Gasteiger partial charge in [-0.25, -0.2) is 4.79 Å². The van der Waals surface area contributed by atoms with E-state index in [9.17, 15) is 9.59 Å². The van der Waals surface area contributed by atoms with E-state index in [2.05, 4.69) is 85.9 Å². The molecule has 6 heteroatoms. The van der Waals surface area contributed by atoms with Crippen molar-refractivity contribution in [1.82, 2.24) is 9.13 Å². The molecule has 38 heavy (non-hydrogen) atoms. The molecule has 0 fully saturated rings. The van der Waals surface area contributed by atoms with Crippen molar-refractivity contribution in [1.29, 1.82) is 0 Å². The molecule has 0 amide bonds. The van der Waals surface area contributed by atoms with Crippen LogP contribution in [0.15, 0.2) is 143 Å². The quantitative estimate of drug-likeness (QED) is 0.289. The van der Waals surface area contributed by atoms with Crippen molar-refractivity contribution in [2.75, 3.05) is 0 Å². The van der Waals surface area contributed by atoms with E-state index in [-0.39, 0.29) is 11.2 Å². The van der Waals surface area contributed by atoms with Gasteiger partial charge in [0.25, 0.3) is 5.56 Å². The molecule has 4 aromatic carbocycles. The van der Waals surface area contributed by atoms with Crippen molar-refractivity contribution in [2.24, 2.45) is 0 Å². The van der Waals surface area contributed by atoms with Gasteiger partial charge in [-0.15, -0.1) is 0 Å². The van der Waals surface area contributed by atoms with Crippen LogP contribution in [0.25, 0.3) is 0 Å². The van der Waals surface area contributed by atoms with Crippen LogP contribution < -0.4 is 32.0 Å². The lowest BCUT2D eigenvalue weighted by atomic mass is 10.4. The third-order valence-electron chi connectivity index (χ3n) is 7.74. The Hall–Kier alpha value is -4.01. The first kappa shape index (κ1) is 25.6. The van der Waals surface area contributed by atoms with Gasteiger partial charge in [0.2, 0.25) is 0 Å². The minimum Gasteiger partial charge on any atom is -0.303 e. The number of rotatable bonds is 8. The van der Waals surface area contributed by atoms with Crippen molar-refractivity contribution in [3.63, 3.8) is 0 Å². The highest BCUT2D eigenvalue weighted by Crippen LogP contribution is 2.10. The molecule has 0 aliphatic carbocycles. The van der Waals surface area contributed by atoms with Crippen molar-refractivity contribution in [3.8, 4) is 0 Å². The average molecular weight is 533 g/mol. The van der Waals surface area contributed by atoms with Gasteiger partial charge in [0, 0.05) is 24.6 Å². The van der Waals surface area contributed by atoms with Gasteiger partial charge in [0.1, 0.15) is 16.1 Å². The Morgan fingerprint density at radius 2 is 0.842 bits per heavy atom. The van der Waals surface area contributed by atoms with Crippen LogP contribution in [0.1, 0.15) is 0 Å². The van der Waals surface area contributed by atoms with Crippen LogP contribution in [0.5, 0.6) is 0 Å². The first-order valence-electron chi connectivity index (χ1n) is 12.9. The largest absolute Gasteiger partial charge is 0.330 e. The zero-order chi connectivity index (χ0) is 26.6.